The number of nitrogens with one attached hydrogen (secondary N) is 3. The number of carbonyl (C=O) groups is 1. The summed E-state index contributed by atoms with van der Waals surface area (Å²) in [7, 11) is 3.94. The van der Waals surface area contributed by atoms with Gasteiger partial charge in [-0.2, -0.15) is 18.4 Å². The molecule has 0 radical (unpaired) electrons. The quantitative estimate of drug-likeness (QED) is 0.168. The van der Waals surface area contributed by atoms with Crippen molar-refractivity contribution in [1.82, 2.24) is 9.88 Å². The van der Waals surface area contributed by atoms with E-state index in [0.29, 0.717) is 36.6 Å². The van der Waals surface area contributed by atoms with E-state index in [0.717, 1.165) is 62.4 Å². The number of benzene rings is 2. The lowest BCUT2D eigenvalue weighted by atomic mass is 9.68. The fourth-order valence-corrected chi connectivity index (χ4v) is 7.62. The number of nitrogens with zero attached hydrogens (tertiary/aromatic N) is 3. The smallest absolute Gasteiger partial charge is 0.433 e. The van der Waals surface area contributed by atoms with Crippen molar-refractivity contribution in [3.63, 3.8) is 0 Å². The SMILES string of the molecule is CCOc1cc2c(cc1NC(=O)CCCN(C)C)C(Nc1ccc(OCc3cccc(C(F)(F)F)n3)c(Cl)c1)C(C#N)C1(CCCCCCCCC1)N2. The molecular weight excluding hydrogens is 705 g/mol. The third kappa shape index (κ3) is 10.5. The first-order valence-electron chi connectivity index (χ1n) is 18.6. The Hall–Kier alpha value is -4.21. The molecule has 1 saturated carbocycles. The predicted octanol–water partition coefficient (Wildman–Crippen LogP) is 9.99. The maximum atomic E-state index is 13.2. The fourth-order valence-electron chi connectivity index (χ4n) is 7.39. The monoisotopic (exact) mass is 754 g/mol. The summed E-state index contributed by atoms with van der Waals surface area (Å²) in [5, 5.41) is 21.8. The number of halogens is 4. The highest BCUT2D eigenvalue weighted by atomic mass is 35.5. The number of hydrogen-bond donors (Lipinski definition) is 3. The zero-order valence-corrected chi connectivity index (χ0v) is 31.5. The van der Waals surface area contributed by atoms with Crippen molar-refractivity contribution in [1.29, 1.82) is 5.26 Å². The van der Waals surface area contributed by atoms with Gasteiger partial charge >= 0.3 is 6.18 Å². The number of nitriles is 1. The maximum Gasteiger partial charge on any atom is 0.433 e. The molecule has 9 nitrogen and oxygen atoms in total. The van der Waals surface area contributed by atoms with Crippen molar-refractivity contribution in [3.05, 3.63) is 70.5 Å². The predicted molar refractivity (Wildman–Crippen MR) is 202 cm³/mol. The van der Waals surface area contributed by atoms with Crippen molar-refractivity contribution < 1.29 is 27.4 Å². The summed E-state index contributed by atoms with van der Waals surface area (Å²) >= 11 is 6.69. The van der Waals surface area contributed by atoms with Crippen molar-refractivity contribution in [2.45, 2.75) is 102 Å². The third-order valence-corrected chi connectivity index (χ3v) is 10.3. The molecule has 53 heavy (non-hydrogen) atoms. The summed E-state index contributed by atoms with van der Waals surface area (Å²) < 4.78 is 51.4. The first kappa shape index (κ1) is 40.0. The van der Waals surface area contributed by atoms with Crippen LogP contribution in [-0.4, -0.2) is 48.6 Å². The van der Waals surface area contributed by atoms with Gasteiger partial charge < -0.3 is 30.3 Å². The van der Waals surface area contributed by atoms with Gasteiger partial charge in [0.1, 0.15) is 23.8 Å². The Balaban J connectivity index is 1.48. The maximum absolute atomic E-state index is 13.2. The first-order valence-corrected chi connectivity index (χ1v) is 19.0. The summed E-state index contributed by atoms with van der Waals surface area (Å²) in [6.07, 6.45) is 5.91. The van der Waals surface area contributed by atoms with Gasteiger partial charge in [-0.3, -0.25) is 4.79 Å². The summed E-state index contributed by atoms with van der Waals surface area (Å²) in [5.74, 6) is 0.231. The van der Waals surface area contributed by atoms with Crippen LogP contribution in [0.2, 0.25) is 5.02 Å². The molecule has 1 aliphatic heterocycles. The summed E-state index contributed by atoms with van der Waals surface area (Å²) in [6, 6.07) is 14.8. The summed E-state index contributed by atoms with van der Waals surface area (Å²) in [6.45, 7) is 2.89. The molecule has 1 aliphatic carbocycles. The normalized spacial score (nSPS) is 18.7. The lowest BCUT2D eigenvalue weighted by molar-refractivity contribution is -0.141. The van der Waals surface area contributed by atoms with Gasteiger partial charge in [0.05, 0.1) is 46.6 Å². The molecule has 1 amide bonds. The molecule has 5 rings (SSSR count). The van der Waals surface area contributed by atoms with Gasteiger partial charge in [0, 0.05) is 29.4 Å². The van der Waals surface area contributed by atoms with E-state index in [1.54, 1.807) is 18.2 Å². The number of hydrogen-bond acceptors (Lipinski definition) is 8. The Morgan fingerprint density at radius 3 is 2.40 bits per heavy atom. The van der Waals surface area contributed by atoms with Gasteiger partial charge in [0.25, 0.3) is 0 Å². The standard InChI is InChI=1S/C40H50ClF3N6O3/c1-4-52-35-24-32-29(23-33(35)48-37(51)16-13-21-50(2)3)38(30(25-45)39(49-32)19-10-8-6-5-7-9-11-20-39)47-27-17-18-34(31(41)22-27)53-26-28-14-12-15-36(46-28)40(42,43)44/h12,14-15,17-18,22-24,30,38,47,49H,4-11,13,16,19-21,26H2,1-3H3,(H,48,51). The fraction of sp³-hybridized carbons (Fsp3) is 0.525. The number of ether oxygens (including phenoxy) is 2. The second-order valence-corrected chi connectivity index (χ2v) is 14.7. The zero-order valence-electron chi connectivity index (χ0n) is 30.8. The van der Waals surface area contributed by atoms with Crippen LogP contribution in [0.3, 0.4) is 0 Å². The van der Waals surface area contributed by atoms with Gasteiger partial charge in [0.2, 0.25) is 5.91 Å². The number of carbonyl (C=O) groups excluding carboxylic acids is 1. The Morgan fingerprint density at radius 2 is 1.75 bits per heavy atom. The average Bonchev–Trinajstić information content (AvgIpc) is 3.11. The molecule has 1 spiro atoms. The molecule has 0 saturated heterocycles. The van der Waals surface area contributed by atoms with Crippen molar-refractivity contribution in [2.75, 3.05) is 43.2 Å². The minimum absolute atomic E-state index is 0.115. The number of anilines is 3. The molecule has 1 aromatic heterocycles. The van der Waals surface area contributed by atoms with E-state index in [1.165, 1.54) is 31.4 Å². The molecule has 0 bridgehead atoms. The molecule has 2 heterocycles. The van der Waals surface area contributed by atoms with Crippen LogP contribution >= 0.6 is 11.6 Å². The first-order chi connectivity index (χ1) is 25.4. The van der Waals surface area contributed by atoms with Crippen LogP contribution < -0.4 is 25.4 Å². The Kier molecular flexibility index (Phi) is 13.7. The number of rotatable bonds is 12. The number of amides is 1. The highest BCUT2D eigenvalue weighted by molar-refractivity contribution is 6.32. The molecule has 2 unspecified atom stereocenters. The molecule has 13 heteroatoms. The van der Waals surface area contributed by atoms with Gasteiger partial charge in [0.15, 0.2) is 0 Å². The van der Waals surface area contributed by atoms with Crippen molar-refractivity contribution >= 4 is 34.6 Å². The lowest BCUT2D eigenvalue weighted by Gasteiger charge is -2.48. The number of fused-ring (bicyclic) bond motifs is 1. The molecular formula is C40H50ClF3N6O3. The molecule has 1 fully saturated rings. The minimum atomic E-state index is -4.56. The lowest BCUT2D eigenvalue weighted by Crippen LogP contribution is -2.52. The van der Waals surface area contributed by atoms with Crippen molar-refractivity contribution in [3.8, 4) is 17.6 Å². The van der Waals surface area contributed by atoms with E-state index in [-0.39, 0.29) is 29.0 Å². The van der Waals surface area contributed by atoms with Gasteiger partial charge in [-0.25, -0.2) is 4.98 Å². The molecule has 2 atom stereocenters. The Labute approximate surface area is 315 Å². The van der Waals surface area contributed by atoms with E-state index >= 15 is 0 Å². The molecule has 3 N–H and O–H groups in total. The van der Waals surface area contributed by atoms with Crippen LogP contribution in [0.5, 0.6) is 11.5 Å². The summed E-state index contributed by atoms with van der Waals surface area (Å²) in [5.41, 5.74) is 1.45. The number of alkyl halides is 3. The third-order valence-electron chi connectivity index (χ3n) is 9.99. The molecule has 3 aromatic rings. The van der Waals surface area contributed by atoms with Crippen LogP contribution in [-0.2, 0) is 17.6 Å². The topological polar surface area (TPSA) is 112 Å². The van der Waals surface area contributed by atoms with E-state index < -0.39 is 29.4 Å². The zero-order chi connectivity index (χ0) is 38.0. The Morgan fingerprint density at radius 1 is 1.04 bits per heavy atom. The highest BCUT2D eigenvalue weighted by Gasteiger charge is 2.48. The van der Waals surface area contributed by atoms with E-state index in [2.05, 4.69) is 27.0 Å². The molecule has 2 aliphatic rings. The van der Waals surface area contributed by atoms with E-state index in [1.807, 2.05) is 38.1 Å². The van der Waals surface area contributed by atoms with Crippen molar-refractivity contribution in [2.24, 2.45) is 5.92 Å². The highest BCUT2D eigenvalue weighted by Crippen LogP contribution is 2.51. The number of aromatic nitrogens is 1. The minimum Gasteiger partial charge on any atom is -0.492 e. The van der Waals surface area contributed by atoms with Crippen LogP contribution in [0.1, 0.15) is 101 Å². The van der Waals surface area contributed by atoms with Crippen LogP contribution in [0.4, 0.5) is 30.2 Å². The average molecular weight is 755 g/mol. The van der Waals surface area contributed by atoms with Crippen LogP contribution in [0, 0.1) is 17.2 Å². The van der Waals surface area contributed by atoms with Gasteiger partial charge in [-0.1, -0.05) is 62.6 Å². The second-order valence-electron chi connectivity index (χ2n) is 14.3. The summed E-state index contributed by atoms with van der Waals surface area (Å²) in [4.78, 5) is 18.8. The molecule has 286 valence electrons. The Bertz CT molecular complexity index is 1740. The van der Waals surface area contributed by atoms with E-state index in [4.69, 9.17) is 21.1 Å². The van der Waals surface area contributed by atoms with Crippen LogP contribution in [0.15, 0.2) is 48.5 Å². The second kappa shape index (κ2) is 18.2. The molecule has 2 aromatic carbocycles. The van der Waals surface area contributed by atoms with Gasteiger partial charge in [-0.05, 0) is 83.2 Å². The largest absolute Gasteiger partial charge is 0.492 e. The number of pyridine rings is 1. The van der Waals surface area contributed by atoms with Gasteiger partial charge in [-0.15, -0.1) is 0 Å². The van der Waals surface area contributed by atoms with E-state index in [9.17, 15) is 23.2 Å². The van der Waals surface area contributed by atoms with Crippen LogP contribution in [0.25, 0.3) is 0 Å².